The molecule has 0 radical (unpaired) electrons. The van der Waals surface area contributed by atoms with E-state index < -0.39 is 23.7 Å². The molecule has 1 fully saturated rings. The number of hydrogen-bond acceptors (Lipinski definition) is 5. The predicted octanol–water partition coefficient (Wildman–Crippen LogP) is 4.91. The summed E-state index contributed by atoms with van der Waals surface area (Å²) in [5, 5.41) is 0. The van der Waals surface area contributed by atoms with E-state index in [1.165, 1.54) is 20.3 Å². The first kappa shape index (κ1) is 27.0. The zero-order valence-electron chi connectivity index (χ0n) is 22.8. The minimum atomic E-state index is -4.43. The van der Waals surface area contributed by atoms with Crippen LogP contribution in [0.15, 0.2) is 60.7 Å². The number of rotatable bonds is 4. The molecule has 0 spiro atoms. The van der Waals surface area contributed by atoms with Gasteiger partial charge >= 0.3 is 6.18 Å². The highest BCUT2D eigenvalue weighted by Gasteiger charge is 2.48. The minimum Gasteiger partial charge on any atom is -0.493 e. The van der Waals surface area contributed by atoms with Crippen molar-refractivity contribution in [3.63, 3.8) is 0 Å². The molecule has 214 valence electrons. The summed E-state index contributed by atoms with van der Waals surface area (Å²) in [4.78, 5) is 33.6. The van der Waals surface area contributed by atoms with Crippen LogP contribution in [0.1, 0.15) is 44.6 Å². The Morgan fingerprint density at radius 3 is 2.27 bits per heavy atom. The van der Waals surface area contributed by atoms with Gasteiger partial charge in [-0.1, -0.05) is 30.3 Å². The number of benzene rings is 3. The Morgan fingerprint density at radius 2 is 1.56 bits per heavy atom. The number of anilines is 1. The number of carbonyl (C=O) groups excluding carboxylic acids is 2. The molecule has 1 saturated heterocycles. The third kappa shape index (κ3) is 4.65. The molecule has 2 amide bonds. The van der Waals surface area contributed by atoms with Crippen molar-refractivity contribution in [1.29, 1.82) is 0 Å². The van der Waals surface area contributed by atoms with Crippen LogP contribution in [0.25, 0.3) is 0 Å². The van der Waals surface area contributed by atoms with Crippen LogP contribution in [-0.2, 0) is 17.4 Å². The summed E-state index contributed by atoms with van der Waals surface area (Å²) in [5.41, 5.74) is 2.85. The smallest absolute Gasteiger partial charge is 0.416 e. The van der Waals surface area contributed by atoms with Gasteiger partial charge in [0.05, 0.1) is 31.7 Å². The largest absolute Gasteiger partial charge is 0.493 e. The first-order valence-electron chi connectivity index (χ1n) is 13.6. The highest BCUT2D eigenvalue weighted by molar-refractivity contribution is 6.02. The number of ether oxygens (including phenoxy) is 2. The maximum atomic E-state index is 14.4. The summed E-state index contributed by atoms with van der Waals surface area (Å²) in [7, 11) is 3.02. The van der Waals surface area contributed by atoms with Crippen molar-refractivity contribution in [1.82, 2.24) is 9.80 Å². The molecule has 3 aromatic rings. The van der Waals surface area contributed by atoms with Crippen LogP contribution in [0.5, 0.6) is 11.5 Å². The van der Waals surface area contributed by atoms with Gasteiger partial charge in [0, 0.05) is 44.0 Å². The highest BCUT2D eigenvalue weighted by Crippen LogP contribution is 2.49. The maximum Gasteiger partial charge on any atom is 0.416 e. The zero-order valence-corrected chi connectivity index (χ0v) is 22.8. The second-order valence-corrected chi connectivity index (χ2v) is 10.5. The highest BCUT2D eigenvalue weighted by atomic mass is 19.4. The number of hydrogen-bond donors (Lipinski definition) is 0. The molecule has 0 unspecified atom stereocenters. The summed E-state index contributed by atoms with van der Waals surface area (Å²) in [6, 6.07) is 16.1. The molecule has 6 rings (SSSR count). The number of halogens is 3. The van der Waals surface area contributed by atoms with E-state index in [1.54, 1.807) is 28.0 Å². The standard InChI is InChI=1S/C31H30F3N3O4/c1-40-25-17-23-24(18-26(25)41-2)29(38)37-11-10-19-6-3-4-9-22(19)28(37)27(23)30(39)36-14-12-35(13-15-36)21-8-5-7-20(16-21)31(32,33)34/h3-9,16-18,27-28H,10-15H2,1-2H3/t27-,28+/m0/s1. The van der Waals surface area contributed by atoms with Crippen molar-refractivity contribution in [2.24, 2.45) is 0 Å². The minimum absolute atomic E-state index is 0.124. The molecular formula is C31H30F3N3O4. The van der Waals surface area contributed by atoms with Crippen LogP contribution < -0.4 is 14.4 Å². The van der Waals surface area contributed by atoms with E-state index in [0.717, 1.165) is 23.3 Å². The summed E-state index contributed by atoms with van der Waals surface area (Å²) < 4.78 is 50.9. The Kier molecular flexibility index (Phi) is 6.79. The fraction of sp³-hybridized carbons (Fsp3) is 0.355. The van der Waals surface area contributed by atoms with Crippen LogP contribution >= 0.6 is 0 Å². The third-order valence-corrected chi connectivity index (χ3v) is 8.43. The van der Waals surface area contributed by atoms with Crippen LogP contribution in [-0.4, -0.2) is 68.6 Å². The molecule has 3 aromatic carbocycles. The van der Waals surface area contributed by atoms with E-state index in [9.17, 15) is 22.8 Å². The van der Waals surface area contributed by atoms with E-state index in [2.05, 4.69) is 0 Å². The molecule has 3 aliphatic rings. The van der Waals surface area contributed by atoms with Crippen molar-refractivity contribution in [3.05, 3.63) is 88.5 Å². The molecule has 0 aromatic heterocycles. The Bertz CT molecular complexity index is 1500. The molecule has 0 N–H and O–H groups in total. The van der Waals surface area contributed by atoms with Gasteiger partial charge in [0.2, 0.25) is 5.91 Å². The molecule has 41 heavy (non-hydrogen) atoms. The summed E-state index contributed by atoms with van der Waals surface area (Å²) in [5.74, 6) is -0.107. The lowest BCUT2D eigenvalue weighted by Gasteiger charge is -2.47. The molecule has 3 aliphatic heterocycles. The molecule has 7 nitrogen and oxygen atoms in total. The van der Waals surface area contributed by atoms with Gasteiger partial charge in [-0.25, -0.2) is 0 Å². The lowest BCUT2D eigenvalue weighted by molar-refractivity contribution is -0.137. The number of alkyl halides is 3. The van der Waals surface area contributed by atoms with E-state index in [4.69, 9.17) is 9.47 Å². The van der Waals surface area contributed by atoms with Gasteiger partial charge in [-0.05, 0) is 53.4 Å². The Balaban J connectivity index is 1.35. The number of piperazine rings is 1. The Labute approximate surface area is 236 Å². The van der Waals surface area contributed by atoms with Gasteiger partial charge in [0.15, 0.2) is 11.5 Å². The SMILES string of the molecule is COc1cc2c(cc1OC)[C@H](C(=O)N1CCN(c3cccc(C(F)(F)F)c3)CC1)[C@H]1c3ccccc3CCN1C2=O. The number of amides is 2. The van der Waals surface area contributed by atoms with Gasteiger partial charge in [0.25, 0.3) is 5.91 Å². The van der Waals surface area contributed by atoms with Crippen molar-refractivity contribution in [2.45, 2.75) is 24.6 Å². The quantitative estimate of drug-likeness (QED) is 0.450. The van der Waals surface area contributed by atoms with Crippen molar-refractivity contribution in [2.75, 3.05) is 51.8 Å². The maximum absolute atomic E-state index is 14.4. The number of nitrogens with zero attached hydrogens (tertiary/aromatic N) is 3. The Hall–Kier alpha value is -4.21. The van der Waals surface area contributed by atoms with E-state index in [0.29, 0.717) is 67.5 Å². The van der Waals surface area contributed by atoms with Gasteiger partial charge in [-0.3, -0.25) is 9.59 Å². The number of methoxy groups -OCH3 is 2. The molecule has 2 atom stereocenters. The average Bonchev–Trinajstić information content (AvgIpc) is 3.00. The summed E-state index contributed by atoms with van der Waals surface area (Å²) >= 11 is 0. The molecular weight excluding hydrogens is 535 g/mol. The molecule has 3 heterocycles. The van der Waals surface area contributed by atoms with Crippen LogP contribution in [0.2, 0.25) is 0 Å². The van der Waals surface area contributed by atoms with E-state index >= 15 is 0 Å². The lowest BCUT2D eigenvalue weighted by atomic mass is 9.75. The third-order valence-electron chi connectivity index (χ3n) is 8.43. The van der Waals surface area contributed by atoms with E-state index in [-0.39, 0.29) is 11.8 Å². The van der Waals surface area contributed by atoms with Crippen molar-refractivity contribution in [3.8, 4) is 11.5 Å². The monoisotopic (exact) mass is 565 g/mol. The fourth-order valence-electron chi connectivity index (χ4n) is 6.38. The number of fused-ring (bicyclic) bond motifs is 4. The predicted molar refractivity (Wildman–Crippen MR) is 146 cm³/mol. The fourth-order valence-corrected chi connectivity index (χ4v) is 6.38. The van der Waals surface area contributed by atoms with E-state index in [1.807, 2.05) is 29.2 Å². The topological polar surface area (TPSA) is 62.3 Å². The zero-order chi connectivity index (χ0) is 28.9. The van der Waals surface area contributed by atoms with Gasteiger partial charge in [-0.15, -0.1) is 0 Å². The Morgan fingerprint density at radius 1 is 0.854 bits per heavy atom. The summed E-state index contributed by atoms with van der Waals surface area (Å²) in [6.07, 6.45) is -3.73. The van der Waals surface area contributed by atoms with Crippen LogP contribution in [0.3, 0.4) is 0 Å². The number of carbonyl (C=O) groups is 2. The second-order valence-electron chi connectivity index (χ2n) is 10.5. The summed E-state index contributed by atoms with van der Waals surface area (Å²) in [6.45, 7) is 1.96. The van der Waals surface area contributed by atoms with Gasteiger partial charge in [-0.2, -0.15) is 13.2 Å². The first-order valence-corrected chi connectivity index (χ1v) is 13.6. The normalized spacial score (nSPS) is 20.2. The lowest BCUT2D eigenvalue weighted by Crippen LogP contribution is -2.54. The molecule has 0 bridgehead atoms. The van der Waals surface area contributed by atoms with Crippen LogP contribution in [0, 0.1) is 0 Å². The molecule has 10 heteroatoms. The second kappa shape index (κ2) is 10.3. The van der Waals surface area contributed by atoms with Crippen molar-refractivity contribution >= 4 is 17.5 Å². The average molecular weight is 566 g/mol. The van der Waals surface area contributed by atoms with Crippen LogP contribution in [0.4, 0.5) is 18.9 Å². The van der Waals surface area contributed by atoms with Crippen molar-refractivity contribution < 1.29 is 32.2 Å². The molecule has 0 aliphatic carbocycles. The first-order chi connectivity index (χ1) is 19.7. The van der Waals surface area contributed by atoms with Gasteiger partial charge < -0.3 is 24.2 Å². The van der Waals surface area contributed by atoms with Gasteiger partial charge in [0.1, 0.15) is 0 Å². The molecule has 0 saturated carbocycles.